The molecule has 5 N–H and O–H groups in total. The molecule has 14 heteroatoms. The summed E-state index contributed by atoms with van der Waals surface area (Å²) in [6, 6.07) is 8.93. The van der Waals surface area contributed by atoms with E-state index in [-0.39, 0.29) is 39.4 Å². The predicted molar refractivity (Wildman–Crippen MR) is 180 cm³/mol. The van der Waals surface area contributed by atoms with Gasteiger partial charge in [-0.2, -0.15) is 0 Å². The number of thiazole rings is 1. The molecule has 3 amide bonds. The van der Waals surface area contributed by atoms with Gasteiger partial charge in [-0.3, -0.25) is 4.98 Å². The molecule has 47 heavy (non-hydrogen) atoms. The van der Waals surface area contributed by atoms with Crippen LogP contribution in [0.4, 0.5) is 15.3 Å². The minimum absolute atomic E-state index is 0.00594. The van der Waals surface area contributed by atoms with E-state index in [1.54, 1.807) is 57.3 Å². The van der Waals surface area contributed by atoms with Gasteiger partial charge in [-0.15, -0.1) is 11.3 Å². The Morgan fingerprint density at radius 3 is 2.28 bits per heavy atom. The zero-order valence-corrected chi connectivity index (χ0v) is 29.3. The van der Waals surface area contributed by atoms with Crippen molar-refractivity contribution in [3.8, 4) is 10.4 Å². The van der Waals surface area contributed by atoms with Crippen LogP contribution in [0, 0.1) is 0 Å². The number of carbonyl (C=O) groups is 2. The molecule has 12 nitrogen and oxygen atoms in total. The van der Waals surface area contributed by atoms with E-state index in [0.717, 1.165) is 43.5 Å². The molecule has 6 rings (SSSR count). The van der Waals surface area contributed by atoms with Crippen LogP contribution >= 0.6 is 11.3 Å². The van der Waals surface area contributed by atoms with Crippen LogP contribution in [0.25, 0.3) is 10.4 Å². The summed E-state index contributed by atoms with van der Waals surface area (Å²) in [5, 5.41) is 20.0. The van der Waals surface area contributed by atoms with Crippen molar-refractivity contribution in [1.82, 2.24) is 25.3 Å². The van der Waals surface area contributed by atoms with E-state index in [1.807, 2.05) is 13.8 Å². The summed E-state index contributed by atoms with van der Waals surface area (Å²) in [5.74, 6) is 0. The average Bonchev–Trinajstić information content (AvgIpc) is 3.48. The number of amides is 3. The molecule has 1 aromatic carbocycles. The third kappa shape index (κ3) is 7.94. The van der Waals surface area contributed by atoms with Gasteiger partial charge in [-0.1, -0.05) is 12.1 Å². The molecule has 3 aliphatic rings. The van der Waals surface area contributed by atoms with Crippen LogP contribution in [-0.4, -0.2) is 52.8 Å². The Kier molecular flexibility index (Phi) is 9.45. The number of benzene rings is 1. The largest absolute Gasteiger partial charge is 0.447 e. The summed E-state index contributed by atoms with van der Waals surface area (Å²) in [5.41, 5.74) is -2.00. The fourth-order valence-electron chi connectivity index (χ4n) is 6.38. The number of hydrogen-bond donors (Lipinski definition) is 5. The van der Waals surface area contributed by atoms with Gasteiger partial charge in [0.25, 0.3) is 0 Å². The summed E-state index contributed by atoms with van der Waals surface area (Å²) < 4.78 is 35.6. The molecule has 2 bridgehead atoms. The van der Waals surface area contributed by atoms with Crippen LogP contribution in [0.3, 0.4) is 0 Å². The number of pyridine rings is 1. The topological polar surface area (TPSA) is 172 Å². The predicted octanol–water partition coefficient (Wildman–Crippen LogP) is 5.75. The normalized spacial score (nSPS) is 22.4. The molecule has 254 valence electrons. The monoisotopic (exact) mass is 684 g/mol. The van der Waals surface area contributed by atoms with Crippen molar-refractivity contribution in [2.24, 2.45) is 0 Å². The number of carbonyl (C=O) groups excluding carboxylic acids is 2. The smallest absolute Gasteiger partial charge is 0.407 e. The van der Waals surface area contributed by atoms with Crippen LogP contribution in [0.15, 0.2) is 53.7 Å². The number of alkyl carbamates (subject to hydrolysis) is 1. The third-order valence-corrected chi connectivity index (χ3v) is 11.7. The molecule has 0 saturated heterocycles. The third-order valence-electron chi connectivity index (χ3n) is 8.67. The first-order valence-electron chi connectivity index (χ1n) is 15.8. The number of anilines is 1. The molecule has 3 fully saturated rings. The van der Waals surface area contributed by atoms with Gasteiger partial charge in [0, 0.05) is 40.1 Å². The van der Waals surface area contributed by atoms with E-state index in [9.17, 15) is 23.1 Å². The Balaban J connectivity index is 1.39. The second-order valence-electron chi connectivity index (χ2n) is 14.1. The standard InChI is InChI=1S/C33H44N6O6S2/c1-21(2)45-29(41)38-33-15-12-32(13-16-33,14-17-33)27-35-20-24(46-27)23-11-10-22(19-25(23)47(43,44)39-30(3,4)5)36-28(40)37-31(6,42)26-9-7-8-18-34-26/h7-11,18-21,39,42H,12-17H2,1-6H3,(H,38,41)(H2,36,37,40). The zero-order valence-electron chi connectivity index (χ0n) is 27.6. The van der Waals surface area contributed by atoms with E-state index >= 15 is 0 Å². The molecular formula is C33H44N6O6S2. The van der Waals surface area contributed by atoms with Crippen molar-refractivity contribution >= 4 is 39.2 Å². The number of urea groups is 1. The second kappa shape index (κ2) is 12.8. The van der Waals surface area contributed by atoms with Crippen molar-refractivity contribution in [3.05, 3.63) is 59.5 Å². The summed E-state index contributed by atoms with van der Waals surface area (Å²) in [6.07, 6.45) is 7.70. The van der Waals surface area contributed by atoms with E-state index in [2.05, 4.69) is 25.7 Å². The number of fused-ring (bicyclic) bond motifs is 3. The van der Waals surface area contributed by atoms with Crippen molar-refractivity contribution in [2.45, 2.75) is 113 Å². The molecule has 3 saturated carbocycles. The van der Waals surface area contributed by atoms with Gasteiger partial charge in [-0.05, 0) is 104 Å². The van der Waals surface area contributed by atoms with Crippen LogP contribution < -0.4 is 20.7 Å². The van der Waals surface area contributed by atoms with Crippen molar-refractivity contribution in [3.63, 3.8) is 0 Å². The first-order chi connectivity index (χ1) is 21.9. The first-order valence-corrected chi connectivity index (χ1v) is 18.1. The van der Waals surface area contributed by atoms with Crippen LogP contribution in [0.5, 0.6) is 0 Å². The molecule has 0 aliphatic heterocycles. The van der Waals surface area contributed by atoms with Crippen molar-refractivity contribution < 1.29 is 27.9 Å². The maximum Gasteiger partial charge on any atom is 0.407 e. The Labute approximate surface area is 280 Å². The Hall–Kier alpha value is -3.59. The molecule has 2 aromatic heterocycles. The maximum atomic E-state index is 13.8. The highest BCUT2D eigenvalue weighted by Gasteiger charge is 2.51. The second-order valence-corrected chi connectivity index (χ2v) is 16.8. The Morgan fingerprint density at radius 2 is 1.68 bits per heavy atom. The quantitative estimate of drug-likeness (QED) is 0.177. The van der Waals surface area contributed by atoms with Gasteiger partial charge < -0.3 is 25.8 Å². The minimum atomic E-state index is -4.04. The summed E-state index contributed by atoms with van der Waals surface area (Å²) >= 11 is 1.48. The van der Waals surface area contributed by atoms with Gasteiger partial charge in [0.1, 0.15) is 0 Å². The summed E-state index contributed by atoms with van der Waals surface area (Å²) in [4.78, 5) is 34.9. The molecular weight excluding hydrogens is 641 g/mol. The van der Waals surface area contributed by atoms with E-state index in [0.29, 0.717) is 10.4 Å². The van der Waals surface area contributed by atoms with E-state index in [4.69, 9.17) is 9.72 Å². The van der Waals surface area contributed by atoms with Gasteiger partial charge in [0.05, 0.1) is 26.6 Å². The Morgan fingerprint density at radius 1 is 1.00 bits per heavy atom. The fourth-order valence-corrected chi connectivity index (χ4v) is 9.34. The summed E-state index contributed by atoms with van der Waals surface area (Å²) in [6.45, 7) is 10.3. The molecule has 1 unspecified atom stereocenters. The summed E-state index contributed by atoms with van der Waals surface area (Å²) in [7, 11) is -4.04. The zero-order chi connectivity index (χ0) is 34.3. The SMILES string of the molecule is CC(C)OC(=O)NC12CCC(c3ncc(-c4ccc(NC(=O)NC(C)(O)c5ccccn5)cc4S(=O)(=O)NC(C)(C)C)s3)(CC1)CC2. The van der Waals surface area contributed by atoms with Gasteiger partial charge in [0.2, 0.25) is 10.0 Å². The number of aromatic nitrogens is 2. The van der Waals surface area contributed by atoms with E-state index in [1.165, 1.54) is 30.5 Å². The molecule has 1 atom stereocenters. The highest BCUT2D eigenvalue weighted by molar-refractivity contribution is 7.89. The number of nitrogens with zero attached hydrogens (tertiary/aromatic N) is 2. The molecule has 3 aromatic rings. The highest BCUT2D eigenvalue weighted by Crippen LogP contribution is 2.55. The lowest BCUT2D eigenvalue weighted by Gasteiger charge is -2.52. The number of ether oxygens (including phenoxy) is 1. The van der Waals surface area contributed by atoms with E-state index < -0.39 is 27.3 Å². The minimum Gasteiger partial charge on any atom is -0.447 e. The fraction of sp³-hybridized carbons (Fsp3) is 0.515. The molecule has 2 heterocycles. The number of nitrogens with one attached hydrogen (secondary N) is 4. The van der Waals surface area contributed by atoms with Crippen molar-refractivity contribution in [2.75, 3.05) is 5.32 Å². The van der Waals surface area contributed by atoms with Crippen molar-refractivity contribution in [1.29, 1.82) is 0 Å². The van der Waals surface area contributed by atoms with Crippen LogP contribution in [-0.2, 0) is 25.9 Å². The molecule has 0 spiro atoms. The number of rotatable bonds is 9. The first kappa shape index (κ1) is 34.7. The lowest BCUT2D eigenvalue weighted by molar-refractivity contribution is 0.0295. The van der Waals surface area contributed by atoms with Crippen LogP contribution in [0.1, 0.15) is 90.8 Å². The lowest BCUT2D eigenvalue weighted by Crippen LogP contribution is -2.58. The van der Waals surface area contributed by atoms with Gasteiger partial charge in [0.15, 0.2) is 5.72 Å². The number of aliphatic hydroxyl groups is 1. The number of sulfonamides is 1. The van der Waals surface area contributed by atoms with Gasteiger partial charge >= 0.3 is 12.1 Å². The van der Waals surface area contributed by atoms with Gasteiger partial charge in [-0.25, -0.2) is 27.7 Å². The maximum absolute atomic E-state index is 13.8. The molecule has 3 aliphatic carbocycles. The highest BCUT2D eigenvalue weighted by atomic mass is 32.2. The molecule has 0 radical (unpaired) electrons. The average molecular weight is 685 g/mol. The number of hydrogen-bond acceptors (Lipinski definition) is 9. The van der Waals surface area contributed by atoms with Crippen LogP contribution in [0.2, 0.25) is 0 Å². The Bertz CT molecular complexity index is 1710. The lowest BCUT2D eigenvalue weighted by atomic mass is 9.57.